The molecule has 0 aliphatic carbocycles. The van der Waals surface area contributed by atoms with Crippen molar-refractivity contribution in [2.45, 2.75) is 32.1 Å². The topological polar surface area (TPSA) is 68.2 Å². The molecular weight excluding hydrogens is 382 g/mol. The Morgan fingerprint density at radius 3 is 2.59 bits per heavy atom. The predicted octanol–water partition coefficient (Wildman–Crippen LogP) is 3.05. The number of oxime groups is 1. The van der Waals surface area contributed by atoms with E-state index in [1.165, 1.54) is 49.2 Å². The van der Waals surface area contributed by atoms with E-state index in [1.807, 2.05) is 0 Å². The lowest BCUT2D eigenvalue weighted by Gasteiger charge is -2.22. The first-order valence-electron chi connectivity index (χ1n) is 9.02. The molecule has 6 nitrogen and oxygen atoms in total. The second-order valence-electron chi connectivity index (χ2n) is 6.75. The minimum atomic E-state index is -1.05. The summed E-state index contributed by atoms with van der Waals surface area (Å²) in [6, 6.07) is 11.7. The molecule has 0 saturated carbocycles. The van der Waals surface area contributed by atoms with E-state index in [-0.39, 0.29) is 13.0 Å². The number of amides is 1. The van der Waals surface area contributed by atoms with Gasteiger partial charge < -0.3 is 14.5 Å². The Bertz CT molecular complexity index is 948. The molecule has 0 N–H and O–H groups in total. The molecule has 1 heterocycles. The molecule has 1 aliphatic heterocycles. The van der Waals surface area contributed by atoms with E-state index in [4.69, 9.17) is 9.57 Å². The van der Waals surface area contributed by atoms with Crippen LogP contribution in [0.4, 0.5) is 8.78 Å². The largest absolute Gasteiger partial charge is 0.450 e. The van der Waals surface area contributed by atoms with Gasteiger partial charge in [-0.3, -0.25) is 4.79 Å². The smallest absolute Gasteiger partial charge is 0.351 e. The zero-order valence-corrected chi connectivity index (χ0v) is 16.0. The standard InChI is InChI=1S/C21H20F2N2O4/c1-13(20(26)25(2)12-14-5-3-7-16(22)9-14)28-21(27)19-11-18(24-29-19)15-6-4-8-17(23)10-15/h3-10,13,19H,11-12H2,1-2H3. The van der Waals surface area contributed by atoms with E-state index in [0.717, 1.165) is 0 Å². The summed E-state index contributed by atoms with van der Waals surface area (Å²) >= 11 is 0. The maximum Gasteiger partial charge on any atom is 0.351 e. The van der Waals surface area contributed by atoms with Crippen LogP contribution in [0.3, 0.4) is 0 Å². The minimum Gasteiger partial charge on any atom is -0.450 e. The second kappa shape index (κ2) is 8.81. The van der Waals surface area contributed by atoms with Gasteiger partial charge in [-0.15, -0.1) is 0 Å². The Kier molecular flexibility index (Phi) is 6.21. The van der Waals surface area contributed by atoms with Gasteiger partial charge >= 0.3 is 5.97 Å². The van der Waals surface area contributed by atoms with Gasteiger partial charge in [0.2, 0.25) is 6.10 Å². The van der Waals surface area contributed by atoms with Gasteiger partial charge in [-0.25, -0.2) is 13.6 Å². The molecule has 1 aliphatic rings. The fraction of sp³-hybridized carbons (Fsp3) is 0.286. The van der Waals surface area contributed by atoms with E-state index in [0.29, 0.717) is 16.8 Å². The highest BCUT2D eigenvalue weighted by molar-refractivity contribution is 6.03. The van der Waals surface area contributed by atoms with Crippen LogP contribution in [0.2, 0.25) is 0 Å². The molecule has 0 aromatic heterocycles. The van der Waals surface area contributed by atoms with Gasteiger partial charge in [0.1, 0.15) is 11.6 Å². The van der Waals surface area contributed by atoms with E-state index < -0.39 is 35.7 Å². The summed E-state index contributed by atoms with van der Waals surface area (Å²) < 4.78 is 31.8. The molecule has 1 amide bonds. The molecule has 0 fully saturated rings. The Labute approximate surface area is 166 Å². The number of nitrogens with zero attached hydrogens (tertiary/aromatic N) is 2. The van der Waals surface area contributed by atoms with Crippen LogP contribution < -0.4 is 0 Å². The van der Waals surface area contributed by atoms with Crippen LogP contribution in [0, 0.1) is 11.6 Å². The van der Waals surface area contributed by atoms with E-state index >= 15 is 0 Å². The molecule has 0 spiro atoms. The number of carbonyl (C=O) groups is 2. The van der Waals surface area contributed by atoms with Crippen LogP contribution in [0.25, 0.3) is 0 Å². The molecule has 0 saturated heterocycles. The molecule has 152 valence electrons. The zero-order valence-electron chi connectivity index (χ0n) is 16.0. The minimum absolute atomic E-state index is 0.113. The number of halogens is 2. The van der Waals surface area contributed by atoms with Crippen molar-refractivity contribution in [3.05, 3.63) is 71.3 Å². The van der Waals surface area contributed by atoms with Crippen molar-refractivity contribution < 1.29 is 27.9 Å². The first-order chi connectivity index (χ1) is 13.8. The highest BCUT2D eigenvalue weighted by Gasteiger charge is 2.33. The molecule has 3 rings (SSSR count). The quantitative estimate of drug-likeness (QED) is 0.697. The van der Waals surface area contributed by atoms with Crippen LogP contribution in [0.15, 0.2) is 53.7 Å². The van der Waals surface area contributed by atoms with Crippen molar-refractivity contribution >= 4 is 17.6 Å². The molecule has 2 aromatic carbocycles. The fourth-order valence-electron chi connectivity index (χ4n) is 2.94. The normalized spacial score (nSPS) is 16.6. The molecule has 8 heteroatoms. The van der Waals surface area contributed by atoms with Crippen molar-refractivity contribution in [3.8, 4) is 0 Å². The van der Waals surface area contributed by atoms with Crippen molar-refractivity contribution in [2.24, 2.45) is 5.16 Å². The highest BCUT2D eigenvalue weighted by atomic mass is 19.1. The predicted molar refractivity (Wildman–Crippen MR) is 101 cm³/mol. The van der Waals surface area contributed by atoms with Gasteiger partial charge in [-0.1, -0.05) is 29.4 Å². The van der Waals surface area contributed by atoms with Gasteiger partial charge in [0.05, 0.1) is 5.71 Å². The van der Waals surface area contributed by atoms with Crippen LogP contribution in [0.1, 0.15) is 24.5 Å². The molecule has 0 bridgehead atoms. The second-order valence-corrected chi connectivity index (χ2v) is 6.75. The zero-order chi connectivity index (χ0) is 21.0. The van der Waals surface area contributed by atoms with E-state index in [9.17, 15) is 18.4 Å². The third-order valence-corrected chi connectivity index (χ3v) is 4.42. The maximum atomic E-state index is 13.3. The number of hydrogen-bond acceptors (Lipinski definition) is 5. The molecule has 2 unspecified atom stereocenters. The van der Waals surface area contributed by atoms with Crippen molar-refractivity contribution in [1.82, 2.24) is 4.90 Å². The lowest BCUT2D eigenvalue weighted by Crippen LogP contribution is -2.39. The third-order valence-electron chi connectivity index (χ3n) is 4.42. The third kappa shape index (κ3) is 5.16. The first kappa shape index (κ1) is 20.4. The van der Waals surface area contributed by atoms with Crippen LogP contribution in [0.5, 0.6) is 0 Å². The lowest BCUT2D eigenvalue weighted by molar-refractivity contribution is -0.167. The fourth-order valence-corrected chi connectivity index (χ4v) is 2.94. The number of hydrogen-bond donors (Lipinski definition) is 0. The summed E-state index contributed by atoms with van der Waals surface area (Å²) in [5, 5.41) is 3.82. The Morgan fingerprint density at radius 2 is 1.90 bits per heavy atom. The Balaban J connectivity index is 1.53. The summed E-state index contributed by atoms with van der Waals surface area (Å²) in [5.41, 5.74) is 1.56. The van der Waals surface area contributed by atoms with Gasteiger partial charge in [-0.2, -0.15) is 0 Å². The summed E-state index contributed by atoms with van der Waals surface area (Å²) in [6.45, 7) is 1.62. The number of rotatable bonds is 6. The van der Waals surface area contributed by atoms with Crippen LogP contribution >= 0.6 is 0 Å². The van der Waals surface area contributed by atoms with Gasteiger partial charge in [0.15, 0.2) is 6.10 Å². The first-order valence-corrected chi connectivity index (χ1v) is 9.02. The van der Waals surface area contributed by atoms with Crippen molar-refractivity contribution in [1.29, 1.82) is 0 Å². The van der Waals surface area contributed by atoms with Crippen molar-refractivity contribution in [2.75, 3.05) is 7.05 Å². The van der Waals surface area contributed by atoms with Gasteiger partial charge in [0, 0.05) is 25.6 Å². The van der Waals surface area contributed by atoms with Crippen molar-refractivity contribution in [3.63, 3.8) is 0 Å². The lowest BCUT2D eigenvalue weighted by atomic mass is 10.1. The molecule has 2 aromatic rings. The Morgan fingerprint density at radius 1 is 1.21 bits per heavy atom. The molecule has 0 radical (unpaired) electrons. The number of esters is 1. The summed E-state index contributed by atoms with van der Waals surface area (Å²) in [6.07, 6.45) is -1.94. The SMILES string of the molecule is CC(OC(=O)C1CC(c2cccc(F)c2)=NO1)C(=O)N(C)Cc1cccc(F)c1. The summed E-state index contributed by atoms with van der Waals surface area (Å²) in [4.78, 5) is 31.2. The monoisotopic (exact) mass is 402 g/mol. The maximum absolute atomic E-state index is 13.3. The average Bonchev–Trinajstić information content (AvgIpc) is 3.17. The molecular formula is C21H20F2N2O4. The number of benzene rings is 2. The Hall–Kier alpha value is -3.29. The van der Waals surface area contributed by atoms with E-state index in [2.05, 4.69) is 5.16 Å². The summed E-state index contributed by atoms with van der Waals surface area (Å²) in [5.74, 6) is -1.99. The molecule has 2 atom stereocenters. The number of carbonyl (C=O) groups excluding carboxylic acids is 2. The van der Waals surface area contributed by atoms with Gasteiger partial charge in [-0.05, 0) is 36.8 Å². The highest BCUT2D eigenvalue weighted by Crippen LogP contribution is 2.19. The molecule has 29 heavy (non-hydrogen) atoms. The van der Waals surface area contributed by atoms with Crippen LogP contribution in [-0.4, -0.2) is 41.7 Å². The number of ether oxygens (including phenoxy) is 1. The summed E-state index contributed by atoms with van der Waals surface area (Å²) in [7, 11) is 1.54. The van der Waals surface area contributed by atoms with Gasteiger partial charge in [0.25, 0.3) is 5.91 Å². The van der Waals surface area contributed by atoms with Crippen LogP contribution in [-0.2, 0) is 25.7 Å². The number of likely N-dealkylation sites (N-methyl/N-ethyl adjacent to an activating group) is 1. The van der Waals surface area contributed by atoms with E-state index in [1.54, 1.807) is 18.2 Å². The average molecular weight is 402 g/mol.